The van der Waals surface area contributed by atoms with Crippen molar-refractivity contribution in [2.45, 2.75) is 38.5 Å². The molecule has 0 aliphatic heterocycles. The van der Waals surface area contributed by atoms with E-state index < -0.39 is 0 Å². The molecule has 3 rings (SSSR count). The molecule has 1 aromatic heterocycles. The summed E-state index contributed by atoms with van der Waals surface area (Å²) in [6, 6.07) is 6.62. The van der Waals surface area contributed by atoms with Gasteiger partial charge < -0.3 is 0 Å². The highest BCUT2D eigenvalue weighted by molar-refractivity contribution is 7.20. The third kappa shape index (κ3) is 2.86. The standard InChI is InChI=1S/C16H17FOS/c17-13-7-6-12-9-16(19-15(12)10-13)14(18)8-11-4-2-1-3-5-11/h6-7,9-11H,1-5,8H2. The topological polar surface area (TPSA) is 17.1 Å². The molecule has 0 N–H and O–H groups in total. The van der Waals surface area contributed by atoms with Crippen LogP contribution in [0.2, 0.25) is 0 Å². The van der Waals surface area contributed by atoms with E-state index in [0.717, 1.165) is 15.0 Å². The third-order valence-corrected chi connectivity index (χ3v) is 5.09. The maximum absolute atomic E-state index is 13.1. The summed E-state index contributed by atoms with van der Waals surface area (Å²) in [6.45, 7) is 0. The lowest BCUT2D eigenvalue weighted by atomic mass is 9.85. The second kappa shape index (κ2) is 5.41. The maximum atomic E-state index is 13.1. The minimum atomic E-state index is -0.236. The van der Waals surface area contributed by atoms with E-state index in [0.29, 0.717) is 12.3 Å². The number of fused-ring (bicyclic) bond motifs is 1. The lowest BCUT2D eigenvalue weighted by molar-refractivity contribution is 0.0954. The monoisotopic (exact) mass is 276 g/mol. The van der Waals surface area contributed by atoms with Gasteiger partial charge in [0.15, 0.2) is 5.78 Å². The molecule has 1 saturated carbocycles. The van der Waals surface area contributed by atoms with Crippen molar-refractivity contribution in [3.8, 4) is 0 Å². The van der Waals surface area contributed by atoms with Gasteiger partial charge in [-0.1, -0.05) is 38.2 Å². The molecule has 1 nitrogen and oxygen atoms in total. The number of benzene rings is 1. The van der Waals surface area contributed by atoms with Crippen LogP contribution in [0.1, 0.15) is 48.2 Å². The van der Waals surface area contributed by atoms with Crippen LogP contribution < -0.4 is 0 Å². The van der Waals surface area contributed by atoms with Crippen molar-refractivity contribution in [3.63, 3.8) is 0 Å². The molecule has 0 unspecified atom stereocenters. The lowest BCUT2D eigenvalue weighted by Crippen LogP contribution is -2.11. The summed E-state index contributed by atoms with van der Waals surface area (Å²) in [7, 11) is 0. The highest BCUT2D eigenvalue weighted by Gasteiger charge is 2.19. The Kier molecular flexibility index (Phi) is 3.65. The second-order valence-electron chi connectivity index (χ2n) is 5.42. The Hall–Kier alpha value is -1.22. The van der Waals surface area contributed by atoms with Crippen LogP contribution in [0.15, 0.2) is 24.3 Å². The van der Waals surface area contributed by atoms with Gasteiger partial charge in [-0.15, -0.1) is 11.3 Å². The van der Waals surface area contributed by atoms with Gasteiger partial charge in [0, 0.05) is 11.1 Å². The Morgan fingerprint density at radius 1 is 1.21 bits per heavy atom. The molecule has 0 saturated heterocycles. The van der Waals surface area contributed by atoms with Crippen molar-refractivity contribution >= 4 is 27.2 Å². The van der Waals surface area contributed by atoms with E-state index in [9.17, 15) is 9.18 Å². The number of thiophene rings is 1. The Bertz CT molecular complexity index is 596. The molecule has 19 heavy (non-hydrogen) atoms. The van der Waals surface area contributed by atoms with Crippen molar-refractivity contribution in [1.82, 2.24) is 0 Å². The number of carbonyl (C=O) groups is 1. The fourth-order valence-electron chi connectivity index (χ4n) is 2.90. The van der Waals surface area contributed by atoms with Gasteiger partial charge in [-0.05, 0) is 29.5 Å². The van der Waals surface area contributed by atoms with Crippen molar-refractivity contribution in [3.05, 3.63) is 35.0 Å². The summed E-state index contributed by atoms with van der Waals surface area (Å²) >= 11 is 1.42. The number of hydrogen-bond acceptors (Lipinski definition) is 2. The molecule has 2 aromatic rings. The highest BCUT2D eigenvalue weighted by atomic mass is 32.1. The van der Waals surface area contributed by atoms with Crippen LogP contribution in [0.5, 0.6) is 0 Å². The summed E-state index contributed by atoms with van der Waals surface area (Å²) in [5.41, 5.74) is 0. The molecule has 0 spiro atoms. The average molecular weight is 276 g/mol. The maximum Gasteiger partial charge on any atom is 0.173 e. The highest BCUT2D eigenvalue weighted by Crippen LogP contribution is 2.31. The van der Waals surface area contributed by atoms with Crippen molar-refractivity contribution in [2.24, 2.45) is 5.92 Å². The van der Waals surface area contributed by atoms with E-state index in [-0.39, 0.29) is 11.6 Å². The lowest BCUT2D eigenvalue weighted by Gasteiger charge is -2.20. The molecule has 1 heterocycles. The summed E-state index contributed by atoms with van der Waals surface area (Å²) in [6.07, 6.45) is 6.86. The number of rotatable bonds is 3. The first-order valence-electron chi connectivity index (χ1n) is 6.95. The molecule has 1 fully saturated rings. The first-order chi connectivity index (χ1) is 9.22. The molecule has 0 radical (unpaired) electrons. The van der Waals surface area contributed by atoms with Gasteiger partial charge in [-0.25, -0.2) is 4.39 Å². The Morgan fingerprint density at radius 2 is 2.00 bits per heavy atom. The fraction of sp³-hybridized carbons (Fsp3) is 0.438. The zero-order valence-electron chi connectivity index (χ0n) is 10.8. The number of Topliss-reactive ketones (excluding diaryl/α,β-unsaturated/α-hetero) is 1. The predicted molar refractivity (Wildman–Crippen MR) is 77.3 cm³/mol. The predicted octanol–water partition coefficient (Wildman–Crippen LogP) is 5.19. The van der Waals surface area contributed by atoms with Crippen LogP contribution in [0, 0.1) is 11.7 Å². The van der Waals surface area contributed by atoms with Crippen molar-refractivity contribution in [2.75, 3.05) is 0 Å². The number of carbonyl (C=O) groups excluding carboxylic acids is 1. The molecule has 1 aromatic carbocycles. The molecule has 0 amide bonds. The number of hydrogen-bond donors (Lipinski definition) is 0. The molecule has 1 aliphatic carbocycles. The third-order valence-electron chi connectivity index (χ3n) is 3.96. The number of ketones is 1. The van der Waals surface area contributed by atoms with Gasteiger partial charge in [0.05, 0.1) is 4.88 Å². The van der Waals surface area contributed by atoms with Crippen LogP contribution in [0.3, 0.4) is 0 Å². The van der Waals surface area contributed by atoms with Crippen LogP contribution in [-0.2, 0) is 0 Å². The van der Waals surface area contributed by atoms with Gasteiger partial charge >= 0.3 is 0 Å². The zero-order valence-corrected chi connectivity index (χ0v) is 11.6. The average Bonchev–Trinajstić information content (AvgIpc) is 2.83. The molecule has 100 valence electrons. The molecule has 3 heteroatoms. The van der Waals surface area contributed by atoms with Gasteiger partial charge in [0.2, 0.25) is 0 Å². The summed E-state index contributed by atoms with van der Waals surface area (Å²) < 4.78 is 14.0. The molecular formula is C16H17FOS. The Morgan fingerprint density at radius 3 is 2.79 bits per heavy atom. The van der Waals surface area contributed by atoms with Crippen LogP contribution in [0.4, 0.5) is 4.39 Å². The van der Waals surface area contributed by atoms with Crippen molar-refractivity contribution < 1.29 is 9.18 Å². The Labute approximate surface area is 116 Å². The van der Waals surface area contributed by atoms with Gasteiger partial charge in [-0.3, -0.25) is 4.79 Å². The van der Waals surface area contributed by atoms with E-state index in [1.807, 2.05) is 6.07 Å². The summed E-state index contributed by atoms with van der Waals surface area (Å²) in [5.74, 6) is 0.553. The van der Waals surface area contributed by atoms with Crippen LogP contribution in [0.25, 0.3) is 10.1 Å². The van der Waals surface area contributed by atoms with Gasteiger partial charge in [0.1, 0.15) is 5.82 Å². The van der Waals surface area contributed by atoms with E-state index in [1.165, 1.54) is 55.6 Å². The fourth-order valence-corrected chi connectivity index (χ4v) is 3.93. The van der Waals surface area contributed by atoms with E-state index in [1.54, 1.807) is 6.07 Å². The van der Waals surface area contributed by atoms with E-state index >= 15 is 0 Å². The molecule has 1 aliphatic rings. The molecule has 0 atom stereocenters. The van der Waals surface area contributed by atoms with Crippen molar-refractivity contribution in [1.29, 1.82) is 0 Å². The Balaban J connectivity index is 1.77. The first kappa shape index (κ1) is 12.8. The van der Waals surface area contributed by atoms with Crippen LogP contribution in [-0.4, -0.2) is 5.78 Å². The second-order valence-corrected chi connectivity index (χ2v) is 6.51. The van der Waals surface area contributed by atoms with Crippen LogP contribution >= 0.6 is 11.3 Å². The van der Waals surface area contributed by atoms with E-state index in [4.69, 9.17) is 0 Å². The zero-order chi connectivity index (χ0) is 13.2. The minimum absolute atomic E-state index is 0.230. The first-order valence-corrected chi connectivity index (χ1v) is 7.76. The van der Waals surface area contributed by atoms with Gasteiger partial charge in [0.25, 0.3) is 0 Å². The quantitative estimate of drug-likeness (QED) is 0.705. The van der Waals surface area contributed by atoms with E-state index in [2.05, 4.69) is 0 Å². The summed E-state index contributed by atoms with van der Waals surface area (Å²) in [4.78, 5) is 13.1. The van der Waals surface area contributed by atoms with Gasteiger partial charge in [-0.2, -0.15) is 0 Å². The summed E-state index contributed by atoms with van der Waals surface area (Å²) in [5, 5.41) is 0.971. The smallest absolute Gasteiger partial charge is 0.173 e. The molecular weight excluding hydrogens is 259 g/mol. The normalized spacial score (nSPS) is 16.9. The number of halogens is 1. The largest absolute Gasteiger partial charge is 0.293 e. The molecule has 0 bridgehead atoms. The SMILES string of the molecule is O=C(CC1CCCCC1)c1cc2ccc(F)cc2s1. The minimum Gasteiger partial charge on any atom is -0.293 e.